The lowest BCUT2D eigenvalue weighted by molar-refractivity contribution is -0.385. The van der Waals surface area contributed by atoms with Crippen LogP contribution >= 0.6 is 0 Å². The van der Waals surface area contributed by atoms with E-state index in [1.807, 2.05) is 0 Å². The van der Waals surface area contributed by atoms with Gasteiger partial charge in [-0.05, 0) is 19.9 Å². The Morgan fingerprint density at radius 3 is 2.76 bits per heavy atom. The minimum Gasteiger partial charge on any atom is -0.485 e. The first-order chi connectivity index (χ1) is 7.83. The lowest BCUT2D eigenvalue weighted by atomic mass is 9.87. The van der Waals surface area contributed by atoms with E-state index in [9.17, 15) is 15.2 Å². The van der Waals surface area contributed by atoms with Gasteiger partial charge in [-0.15, -0.1) is 0 Å². The average Bonchev–Trinajstić information content (AvgIpc) is 2.25. The lowest BCUT2D eigenvalue weighted by Crippen LogP contribution is -2.51. The van der Waals surface area contributed by atoms with Crippen molar-refractivity contribution in [2.24, 2.45) is 5.73 Å². The van der Waals surface area contributed by atoms with Gasteiger partial charge in [-0.2, -0.15) is 0 Å². The molecule has 6 nitrogen and oxygen atoms in total. The van der Waals surface area contributed by atoms with E-state index < -0.39 is 22.7 Å². The van der Waals surface area contributed by atoms with Crippen molar-refractivity contribution in [1.29, 1.82) is 0 Å². The molecule has 0 aliphatic carbocycles. The molecule has 1 aromatic rings. The molecule has 17 heavy (non-hydrogen) atoms. The largest absolute Gasteiger partial charge is 0.485 e. The zero-order valence-electron chi connectivity index (χ0n) is 9.58. The molecule has 0 aromatic heterocycles. The Morgan fingerprint density at radius 2 is 2.18 bits per heavy atom. The molecule has 0 fully saturated rings. The molecule has 2 rings (SSSR count). The highest BCUT2D eigenvalue weighted by molar-refractivity contribution is 5.47. The third-order valence-corrected chi connectivity index (χ3v) is 2.99. The summed E-state index contributed by atoms with van der Waals surface area (Å²) >= 11 is 0. The first-order valence-electron chi connectivity index (χ1n) is 5.24. The number of non-ortho nitro benzene ring substituents is 1. The first-order valence-corrected chi connectivity index (χ1v) is 5.24. The molecule has 0 saturated carbocycles. The van der Waals surface area contributed by atoms with Gasteiger partial charge in [-0.25, -0.2) is 0 Å². The number of nitro benzene ring substituents is 1. The zero-order valence-corrected chi connectivity index (χ0v) is 9.58. The molecule has 0 amide bonds. The summed E-state index contributed by atoms with van der Waals surface area (Å²) < 4.78 is 5.58. The monoisotopic (exact) mass is 238 g/mol. The molecule has 2 atom stereocenters. The third kappa shape index (κ3) is 1.85. The third-order valence-electron chi connectivity index (χ3n) is 2.99. The highest BCUT2D eigenvalue weighted by Crippen LogP contribution is 2.39. The van der Waals surface area contributed by atoms with E-state index in [2.05, 4.69) is 0 Å². The quantitative estimate of drug-likeness (QED) is 0.564. The van der Waals surface area contributed by atoms with Crippen molar-refractivity contribution < 1.29 is 14.8 Å². The van der Waals surface area contributed by atoms with E-state index in [0.29, 0.717) is 11.3 Å². The molecule has 0 spiro atoms. The zero-order chi connectivity index (χ0) is 12.8. The number of fused-ring (bicyclic) bond motifs is 1. The standard InChI is InChI=1S/C11H14N2O4/c1-11(2)10(14)9(12)7-5-6(13(15)16)3-4-8(7)17-11/h3-5,9-10,14H,12H2,1-2H3/t9-,10+/m1/s1. The molecule has 0 unspecified atom stereocenters. The van der Waals surface area contributed by atoms with Crippen molar-refractivity contribution in [1.82, 2.24) is 0 Å². The molecule has 0 radical (unpaired) electrons. The fraction of sp³-hybridized carbons (Fsp3) is 0.455. The highest BCUT2D eigenvalue weighted by atomic mass is 16.6. The summed E-state index contributed by atoms with van der Waals surface area (Å²) in [5, 5.41) is 20.6. The molecule has 92 valence electrons. The van der Waals surface area contributed by atoms with Gasteiger partial charge >= 0.3 is 0 Å². The van der Waals surface area contributed by atoms with Crippen molar-refractivity contribution in [3.8, 4) is 5.75 Å². The topological polar surface area (TPSA) is 98.6 Å². The summed E-state index contributed by atoms with van der Waals surface area (Å²) in [5.41, 5.74) is 5.48. The second-order valence-corrected chi connectivity index (χ2v) is 4.66. The van der Waals surface area contributed by atoms with Crippen LogP contribution in [0.25, 0.3) is 0 Å². The van der Waals surface area contributed by atoms with Crippen molar-refractivity contribution in [3.63, 3.8) is 0 Å². The summed E-state index contributed by atoms with van der Waals surface area (Å²) in [7, 11) is 0. The smallest absolute Gasteiger partial charge is 0.270 e. The van der Waals surface area contributed by atoms with Gasteiger partial charge in [0.15, 0.2) is 0 Å². The maximum absolute atomic E-state index is 10.7. The highest BCUT2D eigenvalue weighted by Gasteiger charge is 2.41. The molecule has 0 saturated heterocycles. The normalized spacial score (nSPS) is 25.9. The first kappa shape index (κ1) is 11.8. The number of rotatable bonds is 1. The molecular weight excluding hydrogens is 224 g/mol. The summed E-state index contributed by atoms with van der Waals surface area (Å²) in [4.78, 5) is 10.2. The number of benzene rings is 1. The summed E-state index contributed by atoms with van der Waals surface area (Å²) in [6.45, 7) is 3.45. The number of hydrogen-bond acceptors (Lipinski definition) is 5. The predicted molar refractivity (Wildman–Crippen MR) is 60.7 cm³/mol. The fourth-order valence-electron chi connectivity index (χ4n) is 1.95. The second-order valence-electron chi connectivity index (χ2n) is 4.66. The minimum atomic E-state index is -0.906. The van der Waals surface area contributed by atoms with Crippen LogP contribution in [0.1, 0.15) is 25.5 Å². The molecule has 3 N–H and O–H groups in total. The van der Waals surface area contributed by atoms with E-state index in [1.54, 1.807) is 13.8 Å². The van der Waals surface area contributed by atoms with Gasteiger partial charge in [0.1, 0.15) is 17.5 Å². The Balaban J connectivity index is 2.50. The van der Waals surface area contributed by atoms with Crippen LogP contribution in [0.4, 0.5) is 5.69 Å². The number of ether oxygens (including phenoxy) is 1. The van der Waals surface area contributed by atoms with Crippen molar-refractivity contribution in [2.45, 2.75) is 31.6 Å². The fourth-order valence-corrected chi connectivity index (χ4v) is 1.95. The molecule has 6 heteroatoms. The van der Waals surface area contributed by atoms with E-state index in [-0.39, 0.29) is 5.69 Å². The maximum atomic E-state index is 10.7. The molecule has 0 bridgehead atoms. The van der Waals surface area contributed by atoms with Crippen LogP contribution in [-0.4, -0.2) is 21.7 Å². The van der Waals surface area contributed by atoms with Crippen LogP contribution in [0.5, 0.6) is 5.75 Å². The van der Waals surface area contributed by atoms with Gasteiger partial charge in [0.05, 0.1) is 11.0 Å². The Hall–Kier alpha value is -1.66. The van der Waals surface area contributed by atoms with Crippen LogP contribution in [0.3, 0.4) is 0 Å². The van der Waals surface area contributed by atoms with Crippen molar-refractivity contribution in [2.75, 3.05) is 0 Å². The number of aliphatic hydroxyl groups is 1. The van der Waals surface area contributed by atoms with Gasteiger partial charge in [-0.1, -0.05) is 0 Å². The Morgan fingerprint density at radius 1 is 1.53 bits per heavy atom. The number of nitro groups is 1. The number of nitrogens with two attached hydrogens (primary N) is 1. The Bertz CT molecular complexity index is 473. The molecule has 1 aliphatic rings. The molecule has 1 heterocycles. The van der Waals surface area contributed by atoms with E-state index in [1.165, 1.54) is 18.2 Å². The van der Waals surface area contributed by atoms with Gasteiger partial charge in [0.25, 0.3) is 5.69 Å². The lowest BCUT2D eigenvalue weighted by Gasteiger charge is -2.40. The SMILES string of the molecule is CC1(C)Oc2ccc([N+](=O)[O-])cc2[C@@H](N)[C@@H]1O. The Kier molecular flexibility index (Phi) is 2.56. The van der Waals surface area contributed by atoms with Gasteiger partial charge in [0, 0.05) is 17.7 Å². The van der Waals surface area contributed by atoms with E-state index in [0.717, 1.165) is 0 Å². The van der Waals surface area contributed by atoms with E-state index in [4.69, 9.17) is 10.5 Å². The van der Waals surface area contributed by atoms with Crippen LogP contribution in [0, 0.1) is 10.1 Å². The second kappa shape index (κ2) is 3.68. The van der Waals surface area contributed by atoms with Gasteiger partial charge in [0.2, 0.25) is 0 Å². The summed E-state index contributed by atoms with van der Waals surface area (Å²) in [5.74, 6) is 0.485. The van der Waals surface area contributed by atoms with Crippen LogP contribution < -0.4 is 10.5 Å². The minimum absolute atomic E-state index is 0.0605. The summed E-state index contributed by atoms with van der Waals surface area (Å²) in [6.07, 6.45) is -0.906. The summed E-state index contributed by atoms with van der Waals surface area (Å²) in [6, 6.07) is 3.53. The average molecular weight is 238 g/mol. The van der Waals surface area contributed by atoms with Crippen LogP contribution in [0.15, 0.2) is 18.2 Å². The maximum Gasteiger partial charge on any atom is 0.270 e. The molecule has 1 aromatic carbocycles. The van der Waals surface area contributed by atoms with Crippen LogP contribution in [-0.2, 0) is 0 Å². The van der Waals surface area contributed by atoms with Crippen LogP contribution in [0.2, 0.25) is 0 Å². The number of nitrogens with zero attached hydrogens (tertiary/aromatic N) is 1. The van der Waals surface area contributed by atoms with Gasteiger partial charge in [-0.3, -0.25) is 10.1 Å². The Labute approximate surface area is 98.2 Å². The predicted octanol–water partition coefficient (Wildman–Crippen LogP) is 1.13. The number of hydrogen-bond donors (Lipinski definition) is 2. The van der Waals surface area contributed by atoms with Crippen molar-refractivity contribution >= 4 is 5.69 Å². The van der Waals surface area contributed by atoms with Gasteiger partial charge < -0.3 is 15.6 Å². The molecular formula is C11H14N2O4. The molecule has 1 aliphatic heterocycles. The van der Waals surface area contributed by atoms with Crippen molar-refractivity contribution in [3.05, 3.63) is 33.9 Å². The number of aliphatic hydroxyl groups excluding tert-OH is 1. The van der Waals surface area contributed by atoms with E-state index >= 15 is 0 Å².